The van der Waals surface area contributed by atoms with E-state index in [1.54, 1.807) is 0 Å². The average Bonchev–Trinajstić information content (AvgIpc) is 2.98. The van der Waals surface area contributed by atoms with Crippen molar-refractivity contribution in [1.82, 2.24) is 4.98 Å². The first kappa shape index (κ1) is 18.8. The first-order chi connectivity index (χ1) is 8.72. The zero-order valence-corrected chi connectivity index (χ0v) is 17.4. The van der Waals surface area contributed by atoms with E-state index in [0.29, 0.717) is 4.22 Å². The number of aromatic amines is 1. The molecule has 2 aromatic rings. The Labute approximate surface area is 139 Å². The third-order valence-electron chi connectivity index (χ3n) is 4.86. The van der Waals surface area contributed by atoms with E-state index in [1.807, 2.05) is 0 Å². The molecule has 0 saturated carbocycles. The number of hydrogen-bond acceptors (Lipinski definition) is 0. The fourth-order valence-corrected chi connectivity index (χ4v) is 12.6. The van der Waals surface area contributed by atoms with Crippen molar-refractivity contribution in [2.75, 3.05) is 0 Å². The van der Waals surface area contributed by atoms with Gasteiger partial charge in [-0.3, -0.25) is 0 Å². The molecule has 0 radical (unpaired) electrons. The number of allylic oxidation sites excluding steroid dienone is 1. The SMILES string of the molecule is Cl.Cl.[CH3][Ti]([CH3])([CH3])(=[SiH2])([c]1ccc[nH]1)[CH]1C=Cc2ccccc21. The van der Waals surface area contributed by atoms with Gasteiger partial charge in [0.25, 0.3) is 0 Å². The van der Waals surface area contributed by atoms with Crippen molar-refractivity contribution in [3.8, 4) is 0 Å². The predicted molar refractivity (Wildman–Crippen MR) is 99.3 cm³/mol. The van der Waals surface area contributed by atoms with Gasteiger partial charge in [0.1, 0.15) is 0 Å². The molecule has 115 valence electrons. The van der Waals surface area contributed by atoms with Crippen molar-refractivity contribution >= 4 is 42.5 Å². The Balaban J connectivity index is 0.00000110. The third kappa shape index (κ3) is 2.85. The minimum absolute atomic E-state index is 0. The first-order valence-corrected chi connectivity index (χ1v) is 17.3. The van der Waals surface area contributed by atoms with Crippen molar-refractivity contribution < 1.29 is 12.8 Å². The molecule has 0 bridgehead atoms. The van der Waals surface area contributed by atoms with Crippen molar-refractivity contribution in [3.63, 3.8) is 0 Å². The van der Waals surface area contributed by atoms with E-state index in [2.05, 4.69) is 83.0 Å². The van der Waals surface area contributed by atoms with Crippen LogP contribution >= 0.6 is 24.8 Å². The van der Waals surface area contributed by atoms with E-state index in [4.69, 9.17) is 0 Å². The van der Waals surface area contributed by atoms with E-state index in [1.165, 1.54) is 15.1 Å². The summed E-state index contributed by atoms with van der Waals surface area (Å²) in [5, 5.41) is 7.63. The Morgan fingerprint density at radius 1 is 1.00 bits per heavy atom. The van der Waals surface area contributed by atoms with Crippen molar-refractivity contribution in [2.45, 2.75) is 19.9 Å². The van der Waals surface area contributed by atoms with Crippen LogP contribution in [0.5, 0.6) is 0 Å². The van der Waals surface area contributed by atoms with E-state index < -0.39 is 12.8 Å². The second-order valence-electron chi connectivity index (χ2n) is 8.25. The molecule has 1 aliphatic carbocycles. The van der Waals surface area contributed by atoms with E-state index in [0.717, 1.165) is 0 Å². The zero-order chi connectivity index (χ0) is 13.8. The van der Waals surface area contributed by atoms with Crippen LogP contribution in [0.1, 0.15) is 15.3 Å². The van der Waals surface area contributed by atoms with Crippen LogP contribution in [0.3, 0.4) is 0 Å². The van der Waals surface area contributed by atoms with Gasteiger partial charge >= 0.3 is 115 Å². The van der Waals surface area contributed by atoms with Crippen molar-refractivity contribution in [3.05, 3.63) is 59.8 Å². The Morgan fingerprint density at radius 3 is 2.29 bits per heavy atom. The van der Waals surface area contributed by atoms with Gasteiger partial charge in [0.05, 0.1) is 0 Å². The van der Waals surface area contributed by atoms with Crippen LogP contribution < -0.4 is 4.00 Å². The summed E-state index contributed by atoms with van der Waals surface area (Å²) >= 11 is -3.33. The van der Waals surface area contributed by atoms with Crippen molar-refractivity contribution in [1.29, 1.82) is 0 Å². The van der Waals surface area contributed by atoms with Gasteiger partial charge in [0.2, 0.25) is 0 Å². The number of fused-ring (bicyclic) bond motifs is 1. The first-order valence-electron chi connectivity index (χ1n) is 6.96. The number of nitrogens with one attached hydrogen (secondary N) is 1. The standard InChI is InChI=1S/C9H7.C4H4N.3CH3.2ClH.H2Si.Ti/c1-2-5-9-7-3-6-8(9)4-1;1-2-4-5-3-1;;;;;;;/h1-7H;1-3,5H;3*1H3;2*1H;1H2;. The van der Waals surface area contributed by atoms with Crippen LogP contribution in [0.25, 0.3) is 6.08 Å². The number of rotatable bonds is 2. The molecule has 0 aliphatic heterocycles. The summed E-state index contributed by atoms with van der Waals surface area (Å²) in [7, 11) is 2.27. The van der Waals surface area contributed by atoms with Crippen LogP contribution in [0, 0.1) is 0 Å². The zero-order valence-electron chi connectivity index (χ0n) is 12.8. The van der Waals surface area contributed by atoms with Gasteiger partial charge in [-0.15, -0.1) is 24.8 Å². The van der Waals surface area contributed by atoms with Crippen LogP contribution in [0.2, 0.25) is 15.7 Å². The third-order valence-corrected chi connectivity index (χ3v) is 17.2. The van der Waals surface area contributed by atoms with Gasteiger partial charge in [0, 0.05) is 0 Å². The van der Waals surface area contributed by atoms with E-state index >= 15 is 0 Å². The number of hydrogen-bond donors (Lipinski definition) is 1. The second-order valence-corrected chi connectivity index (χ2v) is 36.6. The van der Waals surface area contributed by atoms with Crippen LogP contribution in [-0.2, 0) is 12.8 Å². The van der Waals surface area contributed by atoms with Gasteiger partial charge < -0.3 is 0 Å². The molecule has 5 heteroatoms. The predicted octanol–water partition coefficient (Wildman–Crippen LogP) is 4.17. The topological polar surface area (TPSA) is 15.8 Å². The number of H-pyrrole nitrogens is 1. The molecule has 1 nitrogen and oxygen atoms in total. The summed E-state index contributed by atoms with van der Waals surface area (Å²) in [5.41, 5.74) is 2.90. The molecule has 1 atom stereocenters. The molecule has 0 amide bonds. The Kier molecular flexibility index (Phi) is 4.60. The molecule has 1 heterocycles. The van der Waals surface area contributed by atoms with Gasteiger partial charge in [0.15, 0.2) is 0 Å². The average molecular weight is 377 g/mol. The molecule has 1 unspecified atom stereocenters. The fraction of sp³-hybridized carbons (Fsp3) is 0.250. The summed E-state index contributed by atoms with van der Waals surface area (Å²) in [6.45, 7) is 0. The molecule has 3 rings (SSSR count). The molecule has 1 aromatic heterocycles. The Hall–Kier alpha value is -0.249. The van der Waals surface area contributed by atoms with Crippen LogP contribution in [0.4, 0.5) is 0 Å². The van der Waals surface area contributed by atoms with Gasteiger partial charge in [-0.25, -0.2) is 0 Å². The number of aromatic nitrogens is 1. The summed E-state index contributed by atoms with van der Waals surface area (Å²) < 4.78 is 2.01. The Bertz CT molecular complexity index is 758. The molecular weight excluding hydrogens is 353 g/mol. The van der Waals surface area contributed by atoms with Gasteiger partial charge in [-0.1, -0.05) is 0 Å². The minimum atomic E-state index is -3.33. The number of halogens is 2. The second kappa shape index (κ2) is 5.14. The molecule has 0 fully saturated rings. The summed E-state index contributed by atoms with van der Waals surface area (Å²) in [6, 6.07) is 13.3. The van der Waals surface area contributed by atoms with E-state index in [-0.39, 0.29) is 24.8 Å². The van der Waals surface area contributed by atoms with Crippen LogP contribution in [-0.4, -0.2) is 12.6 Å². The molecule has 1 aromatic carbocycles. The molecule has 0 saturated heterocycles. The van der Waals surface area contributed by atoms with Crippen molar-refractivity contribution in [2.24, 2.45) is 0 Å². The molecule has 21 heavy (non-hydrogen) atoms. The van der Waals surface area contributed by atoms with Gasteiger partial charge in [-0.05, 0) is 0 Å². The summed E-state index contributed by atoms with van der Waals surface area (Å²) in [5.74, 6) is 0. The van der Waals surface area contributed by atoms with E-state index in [9.17, 15) is 0 Å². The monoisotopic (exact) mass is 376 g/mol. The maximum absolute atomic E-state index is 3.52. The molecule has 1 aliphatic rings. The summed E-state index contributed by atoms with van der Waals surface area (Å²) in [6.07, 6.45) is 6.80. The summed E-state index contributed by atoms with van der Waals surface area (Å²) in [4.78, 5) is 3.52. The fourth-order valence-electron chi connectivity index (χ4n) is 3.47. The normalized spacial score (nSPS) is 19.7. The Morgan fingerprint density at radius 2 is 1.67 bits per heavy atom. The van der Waals surface area contributed by atoms with Crippen LogP contribution in [0.15, 0.2) is 48.7 Å². The number of benzene rings is 1. The van der Waals surface area contributed by atoms with Gasteiger partial charge in [-0.2, -0.15) is 0 Å². The molecule has 1 N–H and O–H groups in total. The molecule has 0 spiro atoms. The molecular formula is C16H24Cl2NSiTi. The quantitative estimate of drug-likeness (QED) is 0.757. The maximum atomic E-state index is 3.52.